The van der Waals surface area contributed by atoms with Crippen molar-refractivity contribution < 1.29 is 9.53 Å². The smallest absolute Gasteiger partial charge is 0.315 e. The summed E-state index contributed by atoms with van der Waals surface area (Å²) in [5.74, 6) is -0.137. The molecule has 3 heteroatoms. The third kappa shape index (κ3) is 6.34. The van der Waals surface area contributed by atoms with E-state index in [4.69, 9.17) is 4.74 Å². The van der Waals surface area contributed by atoms with Crippen molar-refractivity contribution in [3.63, 3.8) is 0 Å². The van der Waals surface area contributed by atoms with E-state index < -0.39 is 0 Å². The molecule has 11 heavy (non-hydrogen) atoms. The highest BCUT2D eigenvalue weighted by Crippen LogP contribution is 2.02. The van der Waals surface area contributed by atoms with E-state index in [1.54, 1.807) is 0 Å². The molecule has 0 aromatic heterocycles. The van der Waals surface area contributed by atoms with E-state index in [-0.39, 0.29) is 12.1 Å². The zero-order chi connectivity index (χ0) is 8.69. The topological polar surface area (TPSA) is 26.3 Å². The van der Waals surface area contributed by atoms with Crippen LogP contribution in [0.25, 0.3) is 0 Å². The van der Waals surface area contributed by atoms with Crippen LogP contribution in [0.2, 0.25) is 0 Å². The standard InChI is InChI=1S/C8H13IO2/c1-3-4-5-7(2)11-8(10)6-9/h3,7H,1,4-6H2,2H3. The zero-order valence-corrected chi connectivity index (χ0v) is 8.84. The second-order valence-corrected chi connectivity index (χ2v) is 3.06. The fraction of sp³-hybridized carbons (Fsp3) is 0.625. The highest BCUT2D eigenvalue weighted by molar-refractivity contribution is 14.1. The Morgan fingerprint density at radius 2 is 2.45 bits per heavy atom. The molecule has 0 saturated carbocycles. The first-order valence-corrected chi connectivity index (χ1v) is 5.09. The highest BCUT2D eigenvalue weighted by Gasteiger charge is 2.05. The SMILES string of the molecule is C=CCCC(C)OC(=O)CI. The molecule has 1 atom stereocenters. The Morgan fingerprint density at radius 3 is 2.91 bits per heavy atom. The van der Waals surface area contributed by atoms with Crippen molar-refractivity contribution in [1.82, 2.24) is 0 Å². The van der Waals surface area contributed by atoms with Gasteiger partial charge in [-0.3, -0.25) is 4.79 Å². The zero-order valence-electron chi connectivity index (χ0n) is 6.68. The van der Waals surface area contributed by atoms with Crippen molar-refractivity contribution >= 4 is 28.6 Å². The molecule has 64 valence electrons. The third-order valence-electron chi connectivity index (χ3n) is 1.22. The summed E-state index contributed by atoms with van der Waals surface area (Å²) in [7, 11) is 0. The van der Waals surface area contributed by atoms with E-state index in [1.807, 2.05) is 35.6 Å². The Hall–Kier alpha value is -0.0600. The molecule has 0 radical (unpaired) electrons. The largest absolute Gasteiger partial charge is 0.462 e. The maximum absolute atomic E-state index is 10.7. The average molecular weight is 268 g/mol. The van der Waals surface area contributed by atoms with Gasteiger partial charge in [-0.2, -0.15) is 0 Å². The minimum atomic E-state index is -0.137. The Bertz CT molecular complexity index is 134. The molecule has 0 N–H and O–H groups in total. The van der Waals surface area contributed by atoms with E-state index in [1.165, 1.54) is 0 Å². The number of hydrogen-bond acceptors (Lipinski definition) is 2. The number of alkyl halides is 1. The Labute approximate surface area is 81.1 Å². The molecule has 0 aromatic rings. The number of carbonyl (C=O) groups is 1. The van der Waals surface area contributed by atoms with Gasteiger partial charge in [0, 0.05) is 0 Å². The van der Waals surface area contributed by atoms with Crippen LogP contribution in [-0.2, 0) is 9.53 Å². The van der Waals surface area contributed by atoms with E-state index in [9.17, 15) is 4.79 Å². The van der Waals surface area contributed by atoms with Gasteiger partial charge in [0.1, 0.15) is 0 Å². The molecular weight excluding hydrogens is 255 g/mol. The number of esters is 1. The van der Waals surface area contributed by atoms with Crippen molar-refractivity contribution in [2.45, 2.75) is 25.9 Å². The number of halogens is 1. The number of allylic oxidation sites excluding steroid dienone is 1. The lowest BCUT2D eigenvalue weighted by molar-refractivity contribution is -0.144. The molecule has 0 aliphatic heterocycles. The number of hydrogen-bond donors (Lipinski definition) is 0. The summed E-state index contributed by atoms with van der Waals surface area (Å²) in [5.41, 5.74) is 0. The first-order valence-electron chi connectivity index (χ1n) is 3.57. The normalized spacial score (nSPS) is 12.2. The van der Waals surface area contributed by atoms with Crippen molar-refractivity contribution in [2.24, 2.45) is 0 Å². The molecule has 0 rings (SSSR count). The molecule has 0 heterocycles. The molecule has 0 saturated heterocycles. The van der Waals surface area contributed by atoms with Gasteiger partial charge >= 0.3 is 5.97 Å². The van der Waals surface area contributed by atoms with Gasteiger partial charge in [-0.1, -0.05) is 28.7 Å². The lowest BCUT2D eigenvalue weighted by Gasteiger charge is -2.10. The van der Waals surface area contributed by atoms with Crippen LogP contribution in [0, 0.1) is 0 Å². The Balaban J connectivity index is 3.42. The van der Waals surface area contributed by atoms with Crippen molar-refractivity contribution in [3.05, 3.63) is 12.7 Å². The van der Waals surface area contributed by atoms with Crippen LogP contribution in [0.15, 0.2) is 12.7 Å². The van der Waals surface area contributed by atoms with Crippen LogP contribution in [0.4, 0.5) is 0 Å². The maximum atomic E-state index is 10.7. The van der Waals surface area contributed by atoms with Gasteiger partial charge in [0.05, 0.1) is 10.5 Å². The molecule has 0 aromatic carbocycles. The molecule has 0 fully saturated rings. The fourth-order valence-corrected chi connectivity index (χ4v) is 0.847. The van der Waals surface area contributed by atoms with Gasteiger partial charge in [0.15, 0.2) is 0 Å². The summed E-state index contributed by atoms with van der Waals surface area (Å²) < 4.78 is 5.43. The Morgan fingerprint density at radius 1 is 1.82 bits per heavy atom. The van der Waals surface area contributed by atoms with Crippen LogP contribution in [0.1, 0.15) is 19.8 Å². The molecular formula is C8H13IO2. The van der Waals surface area contributed by atoms with Gasteiger partial charge in [0.25, 0.3) is 0 Å². The molecule has 1 unspecified atom stereocenters. The summed E-state index contributed by atoms with van der Waals surface area (Å²) in [5, 5.41) is 0. The van der Waals surface area contributed by atoms with Crippen molar-refractivity contribution in [1.29, 1.82) is 0 Å². The first kappa shape index (κ1) is 10.9. The van der Waals surface area contributed by atoms with Gasteiger partial charge in [-0.25, -0.2) is 0 Å². The van der Waals surface area contributed by atoms with Crippen LogP contribution in [-0.4, -0.2) is 16.5 Å². The van der Waals surface area contributed by atoms with Crippen LogP contribution in [0.3, 0.4) is 0 Å². The minimum absolute atomic E-state index is 0.0234. The number of rotatable bonds is 5. The van der Waals surface area contributed by atoms with Crippen LogP contribution < -0.4 is 0 Å². The second-order valence-electron chi connectivity index (χ2n) is 2.30. The fourth-order valence-electron chi connectivity index (χ4n) is 0.667. The predicted molar refractivity (Wildman–Crippen MR) is 53.9 cm³/mol. The van der Waals surface area contributed by atoms with E-state index in [2.05, 4.69) is 6.58 Å². The van der Waals surface area contributed by atoms with Gasteiger partial charge < -0.3 is 4.74 Å². The molecule has 2 nitrogen and oxygen atoms in total. The average Bonchev–Trinajstić information content (AvgIpc) is 2.00. The van der Waals surface area contributed by atoms with E-state index >= 15 is 0 Å². The van der Waals surface area contributed by atoms with E-state index in [0.717, 1.165) is 12.8 Å². The molecule has 0 aliphatic rings. The van der Waals surface area contributed by atoms with E-state index in [0.29, 0.717) is 4.43 Å². The molecule has 0 spiro atoms. The Kier molecular flexibility index (Phi) is 6.60. The predicted octanol–water partition coefficient (Wildman–Crippen LogP) is 2.32. The van der Waals surface area contributed by atoms with Gasteiger partial charge in [-0.15, -0.1) is 6.58 Å². The summed E-state index contributed by atoms with van der Waals surface area (Å²) in [4.78, 5) is 10.7. The molecule has 0 aliphatic carbocycles. The third-order valence-corrected chi connectivity index (χ3v) is 1.84. The highest BCUT2D eigenvalue weighted by atomic mass is 127. The maximum Gasteiger partial charge on any atom is 0.315 e. The summed E-state index contributed by atoms with van der Waals surface area (Å²) >= 11 is 1.99. The minimum Gasteiger partial charge on any atom is -0.462 e. The summed E-state index contributed by atoms with van der Waals surface area (Å²) in [6.07, 6.45) is 3.62. The van der Waals surface area contributed by atoms with Crippen molar-refractivity contribution in [3.8, 4) is 0 Å². The monoisotopic (exact) mass is 268 g/mol. The number of ether oxygens (including phenoxy) is 1. The molecule has 0 bridgehead atoms. The second kappa shape index (κ2) is 6.64. The first-order chi connectivity index (χ1) is 5.20. The van der Waals surface area contributed by atoms with Crippen LogP contribution in [0.5, 0.6) is 0 Å². The lowest BCUT2D eigenvalue weighted by atomic mass is 10.2. The van der Waals surface area contributed by atoms with Gasteiger partial charge in [0.2, 0.25) is 0 Å². The van der Waals surface area contributed by atoms with Gasteiger partial charge in [-0.05, 0) is 19.8 Å². The summed E-state index contributed by atoms with van der Waals surface area (Å²) in [6, 6.07) is 0. The number of carbonyl (C=O) groups excluding carboxylic acids is 1. The lowest BCUT2D eigenvalue weighted by Crippen LogP contribution is -2.15. The van der Waals surface area contributed by atoms with Crippen LogP contribution >= 0.6 is 22.6 Å². The quantitative estimate of drug-likeness (QED) is 0.331. The van der Waals surface area contributed by atoms with Crippen molar-refractivity contribution in [2.75, 3.05) is 4.43 Å². The summed E-state index contributed by atoms with van der Waals surface area (Å²) in [6.45, 7) is 5.49. The molecule has 0 amide bonds.